The normalized spacial score (nSPS) is 26.9. The molecule has 2 amide bonds. The van der Waals surface area contributed by atoms with Crippen molar-refractivity contribution in [1.82, 2.24) is 9.80 Å². The van der Waals surface area contributed by atoms with E-state index < -0.39 is 0 Å². The van der Waals surface area contributed by atoms with Crippen LogP contribution in [0.15, 0.2) is 0 Å². The van der Waals surface area contributed by atoms with Crippen LogP contribution in [-0.4, -0.2) is 52.9 Å². The monoisotopic (exact) mass is 310 g/mol. The summed E-state index contributed by atoms with van der Waals surface area (Å²) in [5, 5.41) is 0. The van der Waals surface area contributed by atoms with Gasteiger partial charge in [0.15, 0.2) is 0 Å². The summed E-state index contributed by atoms with van der Waals surface area (Å²) >= 11 is 1.72. The molecule has 21 heavy (non-hydrogen) atoms. The van der Waals surface area contributed by atoms with Crippen LogP contribution in [0.1, 0.15) is 44.9 Å². The van der Waals surface area contributed by atoms with Crippen LogP contribution in [0.25, 0.3) is 0 Å². The quantitative estimate of drug-likeness (QED) is 0.800. The molecule has 3 fully saturated rings. The summed E-state index contributed by atoms with van der Waals surface area (Å²) in [6.45, 7) is 0.867. The Morgan fingerprint density at radius 3 is 2.48 bits per heavy atom. The van der Waals surface area contributed by atoms with E-state index in [9.17, 15) is 9.59 Å². The molecule has 0 aromatic carbocycles. The Hall–Kier alpha value is -0.710. The summed E-state index contributed by atoms with van der Waals surface area (Å²) in [7, 11) is 1.90. The molecule has 0 radical (unpaired) electrons. The van der Waals surface area contributed by atoms with Gasteiger partial charge in [-0.25, -0.2) is 0 Å². The van der Waals surface area contributed by atoms with Gasteiger partial charge in [0.1, 0.15) is 6.04 Å². The Kier molecular flexibility index (Phi) is 4.77. The van der Waals surface area contributed by atoms with E-state index in [0.717, 1.165) is 38.0 Å². The van der Waals surface area contributed by atoms with Crippen molar-refractivity contribution in [3.05, 3.63) is 0 Å². The predicted molar refractivity (Wildman–Crippen MR) is 84.9 cm³/mol. The van der Waals surface area contributed by atoms with Gasteiger partial charge < -0.3 is 9.80 Å². The minimum atomic E-state index is -0.215. The molecular weight excluding hydrogens is 284 g/mol. The van der Waals surface area contributed by atoms with Crippen LogP contribution in [0.5, 0.6) is 0 Å². The van der Waals surface area contributed by atoms with Gasteiger partial charge in [-0.05, 0) is 31.6 Å². The van der Waals surface area contributed by atoms with Gasteiger partial charge in [-0.15, -0.1) is 11.8 Å². The minimum absolute atomic E-state index is 0.151. The second-order valence-corrected chi connectivity index (χ2v) is 7.82. The summed E-state index contributed by atoms with van der Waals surface area (Å²) in [5.41, 5.74) is 0. The van der Waals surface area contributed by atoms with Crippen LogP contribution in [0.4, 0.5) is 0 Å². The van der Waals surface area contributed by atoms with Crippen LogP contribution in [0, 0.1) is 11.8 Å². The number of likely N-dealkylation sites (N-methyl/N-ethyl adjacent to an activating group) is 1. The Labute approximate surface area is 131 Å². The minimum Gasteiger partial charge on any atom is -0.344 e. The first-order chi connectivity index (χ1) is 10.2. The first-order valence-electron chi connectivity index (χ1n) is 8.30. The van der Waals surface area contributed by atoms with E-state index in [2.05, 4.69) is 0 Å². The van der Waals surface area contributed by atoms with Crippen molar-refractivity contribution in [2.45, 2.75) is 51.0 Å². The maximum atomic E-state index is 12.7. The fourth-order valence-corrected chi connectivity index (χ4v) is 4.83. The number of hydrogen-bond acceptors (Lipinski definition) is 3. The number of carbonyl (C=O) groups is 2. The maximum absolute atomic E-state index is 12.7. The highest BCUT2D eigenvalue weighted by Gasteiger charge is 2.39. The molecule has 2 aliphatic carbocycles. The lowest BCUT2D eigenvalue weighted by Gasteiger charge is -2.33. The molecule has 1 saturated heterocycles. The smallest absolute Gasteiger partial charge is 0.246 e. The van der Waals surface area contributed by atoms with Crippen molar-refractivity contribution in [1.29, 1.82) is 0 Å². The maximum Gasteiger partial charge on any atom is 0.246 e. The topological polar surface area (TPSA) is 40.6 Å². The molecule has 2 saturated carbocycles. The molecule has 3 rings (SSSR count). The molecule has 0 spiro atoms. The summed E-state index contributed by atoms with van der Waals surface area (Å²) in [6, 6.07) is -0.215. The standard InChI is InChI=1S/C16H26N2O2S/c1-17(9-12-5-4-6-12)16(20)14-10-21-11-18(14)15(19)13-7-2-3-8-13/h12-14H,2-11H2,1H3. The first kappa shape index (κ1) is 15.2. The van der Waals surface area contributed by atoms with E-state index in [1.54, 1.807) is 11.8 Å². The van der Waals surface area contributed by atoms with Gasteiger partial charge in [-0.3, -0.25) is 9.59 Å². The van der Waals surface area contributed by atoms with Gasteiger partial charge >= 0.3 is 0 Å². The van der Waals surface area contributed by atoms with Crippen molar-refractivity contribution in [2.24, 2.45) is 11.8 Å². The average molecular weight is 310 g/mol. The number of thioether (sulfide) groups is 1. The molecule has 0 bridgehead atoms. The van der Waals surface area contributed by atoms with E-state index in [4.69, 9.17) is 0 Å². The molecule has 1 aliphatic heterocycles. The lowest BCUT2D eigenvalue weighted by molar-refractivity contribution is -0.145. The Balaban J connectivity index is 1.59. The van der Waals surface area contributed by atoms with E-state index in [-0.39, 0.29) is 23.8 Å². The third kappa shape index (κ3) is 3.22. The lowest BCUT2D eigenvalue weighted by Crippen LogP contribution is -2.50. The van der Waals surface area contributed by atoms with Gasteiger partial charge in [-0.2, -0.15) is 0 Å². The van der Waals surface area contributed by atoms with Crippen molar-refractivity contribution in [3.63, 3.8) is 0 Å². The van der Waals surface area contributed by atoms with E-state index in [1.165, 1.54) is 19.3 Å². The second kappa shape index (κ2) is 6.59. The number of carbonyl (C=O) groups excluding carboxylic acids is 2. The summed E-state index contributed by atoms with van der Waals surface area (Å²) in [4.78, 5) is 29.0. The molecule has 1 unspecified atom stereocenters. The van der Waals surface area contributed by atoms with Gasteiger partial charge in [0.2, 0.25) is 11.8 Å². The summed E-state index contributed by atoms with van der Waals surface area (Å²) in [6.07, 6.45) is 8.16. The van der Waals surface area contributed by atoms with Crippen molar-refractivity contribution in [3.8, 4) is 0 Å². The highest BCUT2D eigenvalue weighted by Crippen LogP contribution is 2.32. The van der Waals surface area contributed by atoms with Crippen molar-refractivity contribution >= 4 is 23.6 Å². The van der Waals surface area contributed by atoms with E-state index >= 15 is 0 Å². The average Bonchev–Trinajstić information content (AvgIpc) is 3.11. The second-order valence-electron chi connectivity index (χ2n) is 6.82. The zero-order valence-corrected chi connectivity index (χ0v) is 13.7. The highest BCUT2D eigenvalue weighted by atomic mass is 32.2. The largest absolute Gasteiger partial charge is 0.344 e. The lowest BCUT2D eigenvalue weighted by atomic mass is 9.85. The molecule has 118 valence electrons. The number of amides is 2. The SMILES string of the molecule is CN(CC1CCC1)C(=O)C1CSCN1C(=O)C1CCCC1. The Morgan fingerprint density at radius 1 is 1.14 bits per heavy atom. The van der Waals surface area contributed by atoms with Gasteiger partial charge in [0.05, 0.1) is 5.88 Å². The van der Waals surface area contributed by atoms with Crippen LogP contribution in [0.2, 0.25) is 0 Å². The van der Waals surface area contributed by atoms with Crippen LogP contribution < -0.4 is 0 Å². The van der Waals surface area contributed by atoms with Gasteiger partial charge in [0, 0.05) is 25.3 Å². The molecule has 4 nitrogen and oxygen atoms in total. The van der Waals surface area contributed by atoms with Crippen LogP contribution in [-0.2, 0) is 9.59 Å². The number of hydrogen-bond donors (Lipinski definition) is 0. The molecular formula is C16H26N2O2S. The Bertz CT molecular complexity index is 405. The van der Waals surface area contributed by atoms with Crippen LogP contribution >= 0.6 is 11.8 Å². The summed E-state index contributed by atoms with van der Waals surface area (Å²) in [5.74, 6) is 2.71. The highest BCUT2D eigenvalue weighted by molar-refractivity contribution is 7.99. The zero-order valence-electron chi connectivity index (χ0n) is 12.9. The molecule has 0 aromatic heterocycles. The molecule has 0 N–H and O–H groups in total. The third-order valence-electron chi connectivity index (χ3n) is 5.29. The molecule has 3 aliphatic rings. The van der Waals surface area contributed by atoms with E-state index in [1.807, 2.05) is 16.8 Å². The Morgan fingerprint density at radius 2 is 1.86 bits per heavy atom. The summed E-state index contributed by atoms with van der Waals surface area (Å²) < 4.78 is 0. The number of nitrogens with zero attached hydrogens (tertiary/aromatic N) is 2. The first-order valence-corrected chi connectivity index (χ1v) is 9.45. The predicted octanol–water partition coefficient (Wildman–Crippen LogP) is 2.34. The third-order valence-corrected chi connectivity index (χ3v) is 6.30. The zero-order chi connectivity index (χ0) is 14.8. The molecule has 0 aromatic rings. The van der Waals surface area contributed by atoms with Gasteiger partial charge in [-0.1, -0.05) is 19.3 Å². The number of rotatable bonds is 4. The molecule has 5 heteroatoms. The molecule has 1 atom stereocenters. The fourth-order valence-electron chi connectivity index (χ4n) is 3.68. The van der Waals surface area contributed by atoms with Gasteiger partial charge in [0.25, 0.3) is 0 Å². The van der Waals surface area contributed by atoms with Crippen LogP contribution in [0.3, 0.4) is 0 Å². The van der Waals surface area contributed by atoms with E-state index in [0.29, 0.717) is 11.8 Å². The fraction of sp³-hybridized carbons (Fsp3) is 0.875. The van der Waals surface area contributed by atoms with Crippen molar-refractivity contribution < 1.29 is 9.59 Å². The molecule has 1 heterocycles. The van der Waals surface area contributed by atoms with Crippen molar-refractivity contribution in [2.75, 3.05) is 25.2 Å².